The van der Waals surface area contributed by atoms with Gasteiger partial charge in [0.25, 0.3) is 0 Å². The number of carboxylic acid groups (broad SMARTS) is 1. The van der Waals surface area contributed by atoms with Crippen LogP contribution in [0.5, 0.6) is 0 Å². The number of aliphatic carboxylic acids is 1. The second-order valence-electron chi connectivity index (χ2n) is 9.16. The molecule has 29 heavy (non-hydrogen) atoms. The lowest BCUT2D eigenvalue weighted by atomic mass is 9.87. The average Bonchev–Trinajstić information content (AvgIpc) is 3.29. The summed E-state index contributed by atoms with van der Waals surface area (Å²) in [7, 11) is 0. The summed E-state index contributed by atoms with van der Waals surface area (Å²) in [5.74, 6) is 2.57. The molecule has 0 spiro atoms. The smallest absolute Gasteiger partial charge is 0.309 e. The molecule has 2 heterocycles. The van der Waals surface area contributed by atoms with E-state index in [1.54, 1.807) is 13.8 Å². The van der Waals surface area contributed by atoms with E-state index >= 15 is 0 Å². The van der Waals surface area contributed by atoms with E-state index in [4.69, 9.17) is 13.9 Å². The third-order valence-electron chi connectivity index (χ3n) is 5.29. The van der Waals surface area contributed by atoms with Crippen molar-refractivity contribution in [3.8, 4) is 0 Å². The van der Waals surface area contributed by atoms with E-state index in [0.29, 0.717) is 6.42 Å². The normalized spacial score (nSPS) is 12.7. The number of furan rings is 2. The largest absolute Gasteiger partial charge is 0.481 e. The van der Waals surface area contributed by atoms with Gasteiger partial charge >= 0.3 is 5.97 Å². The maximum absolute atomic E-state index is 11.2. The Morgan fingerprint density at radius 2 is 1.38 bits per heavy atom. The molecule has 0 radical (unpaired) electrons. The highest BCUT2D eigenvalue weighted by Gasteiger charge is 2.26. The van der Waals surface area contributed by atoms with E-state index in [-0.39, 0.29) is 12.0 Å². The molecule has 0 aliphatic heterocycles. The Kier molecular flexibility index (Phi) is 7.91. The summed E-state index contributed by atoms with van der Waals surface area (Å²) in [5.41, 5.74) is -0.754. The highest BCUT2D eigenvalue weighted by molar-refractivity contribution is 5.73. The van der Waals surface area contributed by atoms with Gasteiger partial charge < -0.3 is 19.0 Å². The molecule has 2 aromatic rings. The Morgan fingerprint density at radius 1 is 0.897 bits per heavy atom. The summed E-state index contributed by atoms with van der Waals surface area (Å²) in [5, 5.41) is 18.5. The van der Waals surface area contributed by atoms with Gasteiger partial charge in [0.15, 0.2) is 0 Å². The number of aliphatic hydroxyl groups excluding tert-OH is 1. The van der Waals surface area contributed by atoms with Crippen molar-refractivity contribution in [2.45, 2.75) is 66.2 Å². The van der Waals surface area contributed by atoms with E-state index in [1.807, 2.05) is 36.4 Å². The molecule has 0 aromatic carbocycles. The monoisotopic (exact) mass is 402 g/mol. The SMILES string of the molecule is CC(C)(CO)CCCc1ccc(/C=C/c2ccc(CCCC(C)(C)C(=O)O)o2)o1. The van der Waals surface area contributed by atoms with Crippen molar-refractivity contribution in [2.75, 3.05) is 6.61 Å². The van der Waals surface area contributed by atoms with Crippen LogP contribution in [0.3, 0.4) is 0 Å². The fourth-order valence-corrected chi connectivity index (χ4v) is 3.03. The molecule has 5 nitrogen and oxygen atoms in total. The van der Waals surface area contributed by atoms with Gasteiger partial charge in [-0.2, -0.15) is 0 Å². The topological polar surface area (TPSA) is 83.8 Å². The molecule has 2 N–H and O–H groups in total. The second-order valence-corrected chi connectivity index (χ2v) is 9.16. The van der Waals surface area contributed by atoms with Crippen LogP contribution in [0.1, 0.15) is 76.4 Å². The molecule has 2 rings (SSSR count). The van der Waals surface area contributed by atoms with Crippen LogP contribution in [0.15, 0.2) is 33.1 Å². The Balaban J connectivity index is 1.81. The van der Waals surface area contributed by atoms with Crippen LogP contribution in [0.25, 0.3) is 12.2 Å². The van der Waals surface area contributed by atoms with E-state index in [9.17, 15) is 9.90 Å². The van der Waals surface area contributed by atoms with E-state index < -0.39 is 11.4 Å². The third-order valence-corrected chi connectivity index (χ3v) is 5.29. The summed E-state index contributed by atoms with van der Waals surface area (Å²) in [6.45, 7) is 7.82. The van der Waals surface area contributed by atoms with Crippen molar-refractivity contribution in [1.82, 2.24) is 0 Å². The Bertz CT molecular complexity index is 807. The highest BCUT2D eigenvalue weighted by Crippen LogP contribution is 2.25. The lowest BCUT2D eigenvalue weighted by Crippen LogP contribution is -2.23. The number of aliphatic hydroxyl groups is 1. The first-order valence-corrected chi connectivity index (χ1v) is 10.3. The van der Waals surface area contributed by atoms with Gasteiger partial charge in [-0.15, -0.1) is 0 Å². The molecule has 0 saturated heterocycles. The zero-order chi connectivity index (χ0) is 21.5. The summed E-state index contributed by atoms with van der Waals surface area (Å²) in [6.07, 6.45) is 8.65. The van der Waals surface area contributed by atoms with Gasteiger partial charge in [-0.25, -0.2) is 0 Å². The Hall–Kier alpha value is -2.27. The zero-order valence-corrected chi connectivity index (χ0v) is 18.0. The van der Waals surface area contributed by atoms with Gasteiger partial charge in [0.2, 0.25) is 0 Å². The molecular formula is C24H34O5. The van der Waals surface area contributed by atoms with Gasteiger partial charge in [-0.05, 0) is 81.4 Å². The van der Waals surface area contributed by atoms with Crippen molar-refractivity contribution in [2.24, 2.45) is 10.8 Å². The minimum Gasteiger partial charge on any atom is -0.481 e. The highest BCUT2D eigenvalue weighted by atomic mass is 16.4. The fourth-order valence-electron chi connectivity index (χ4n) is 3.03. The first kappa shape index (κ1) is 23.0. The van der Waals surface area contributed by atoms with E-state index in [2.05, 4.69) is 13.8 Å². The fraction of sp³-hybridized carbons (Fsp3) is 0.542. The molecule has 0 amide bonds. The standard InChI is InChI=1S/C24H34O5/c1-23(2,17-25)15-5-7-18-9-11-20(28-18)13-14-21-12-10-19(29-21)8-6-16-24(3,4)22(26)27/h9-14,25H,5-8,15-17H2,1-4H3,(H,26,27)/b14-13+. The summed E-state index contributed by atoms with van der Waals surface area (Å²) >= 11 is 0. The third kappa shape index (κ3) is 7.58. The molecule has 0 aliphatic carbocycles. The van der Waals surface area contributed by atoms with Crippen LogP contribution in [0.2, 0.25) is 0 Å². The van der Waals surface area contributed by atoms with Crippen LogP contribution < -0.4 is 0 Å². The predicted octanol–water partition coefficient (Wildman–Crippen LogP) is 5.82. The molecule has 160 valence electrons. The van der Waals surface area contributed by atoms with Crippen molar-refractivity contribution < 1.29 is 23.8 Å². The molecule has 0 aliphatic rings. The lowest BCUT2D eigenvalue weighted by molar-refractivity contribution is -0.147. The maximum Gasteiger partial charge on any atom is 0.309 e. The minimum atomic E-state index is -0.768. The van der Waals surface area contributed by atoms with Crippen LogP contribution in [-0.2, 0) is 17.6 Å². The van der Waals surface area contributed by atoms with Crippen molar-refractivity contribution in [1.29, 1.82) is 0 Å². The molecule has 0 atom stereocenters. The summed E-state index contributed by atoms with van der Waals surface area (Å²) in [4.78, 5) is 11.2. The maximum atomic E-state index is 11.2. The molecule has 5 heteroatoms. The number of hydrogen-bond donors (Lipinski definition) is 2. The quantitative estimate of drug-likeness (QED) is 0.467. The summed E-state index contributed by atoms with van der Waals surface area (Å²) < 4.78 is 11.6. The van der Waals surface area contributed by atoms with Crippen molar-refractivity contribution >= 4 is 18.1 Å². The molecule has 0 unspecified atom stereocenters. The van der Waals surface area contributed by atoms with Gasteiger partial charge in [-0.1, -0.05) is 13.8 Å². The molecule has 0 saturated carbocycles. The van der Waals surface area contributed by atoms with Crippen LogP contribution >= 0.6 is 0 Å². The first-order valence-electron chi connectivity index (χ1n) is 10.3. The molecule has 0 fully saturated rings. The van der Waals surface area contributed by atoms with Gasteiger partial charge in [0.05, 0.1) is 5.41 Å². The van der Waals surface area contributed by atoms with Gasteiger partial charge in [-0.3, -0.25) is 4.79 Å². The molecular weight excluding hydrogens is 368 g/mol. The van der Waals surface area contributed by atoms with E-state index in [1.165, 1.54) is 0 Å². The molecule has 2 aromatic heterocycles. The average molecular weight is 403 g/mol. The Morgan fingerprint density at radius 3 is 1.83 bits per heavy atom. The number of hydrogen-bond acceptors (Lipinski definition) is 4. The number of carboxylic acids is 1. The van der Waals surface area contributed by atoms with Crippen molar-refractivity contribution in [3.05, 3.63) is 47.3 Å². The Labute approximate surface area is 173 Å². The first-order chi connectivity index (χ1) is 13.6. The van der Waals surface area contributed by atoms with Gasteiger partial charge in [0.1, 0.15) is 23.0 Å². The summed E-state index contributed by atoms with van der Waals surface area (Å²) in [6, 6.07) is 7.78. The van der Waals surface area contributed by atoms with E-state index in [0.717, 1.165) is 55.1 Å². The van der Waals surface area contributed by atoms with Crippen LogP contribution in [0, 0.1) is 10.8 Å². The second kappa shape index (κ2) is 9.97. The lowest BCUT2D eigenvalue weighted by Gasteiger charge is -2.20. The minimum absolute atomic E-state index is 0.0459. The van der Waals surface area contributed by atoms with Crippen LogP contribution in [-0.4, -0.2) is 22.8 Å². The zero-order valence-electron chi connectivity index (χ0n) is 18.0. The van der Waals surface area contributed by atoms with Crippen molar-refractivity contribution in [3.63, 3.8) is 0 Å². The number of rotatable bonds is 12. The predicted molar refractivity (Wildman–Crippen MR) is 115 cm³/mol. The van der Waals surface area contributed by atoms with Gasteiger partial charge in [0, 0.05) is 19.4 Å². The molecule has 0 bridgehead atoms. The number of carbonyl (C=O) groups is 1. The van der Waals surface area contributed by atoms with Crippen LogP contribution in [0.4, 0.5) is 0 Å². The number of aryl methyl sites for hydroxylation is 2.